The number of thioether (sulfide) groups is 1. The fourth-order valence-corrected chi connectivity index (χ4v) is 4.67. The van der Waals surface area contributed by atoms with Crippen molar-refractivity contribution in [3.05, 3.63) is 93.3 Å². The van der Waals surface area contributed by atoms with Gasteiger partial charge < -0.3 is 5.32 Å². The minimum Gasteiger partial charge on any atom is -0.349 e. The molecule has 0 atom stereocenters. The Morgan fingerprint density at radius 2 is 1.76 bits per heavy atom. The van der Waals surface area contributed by atoms with Crippen molar-refractivity contribution < 1.29 is 4.79 Å². The Kier molecular flexibility index (Phi) is 4.42. The van der Waals surface area contributed by atoms with E-state index in [-0.39, 0.29) is 18.2 Å². The minimum atomic E-state index is -0.0869. The molecule has 1 amide bonds. The van der Waals surface area contributed by atoms with Crippen LogP contribution in [0.1, 0.15) is 12.0 Å². The zero-order valence-electron chi connectivity index (χ0n) is 15.3. The van der Waals surface area contributed by atoms with Gasteiger partial charge in [0.1, 0.15) is 5.84 Å². The van der Waals surface area contributed by atoms with Gasteiger partial charge in [-0.25, -0.2) is 0 Å². The predicted octanol–water partition coefficient (Wildman–Crippen LogP) is 5.75. The maximum atomic E-state index is 12.9. The van der Waals surface area contributed by atoms with Gasteiger partial charge in [-0.05, 0) is 29.1 Å². The van der Waals surface area contributed by atoms with E-state index in [9.17, 15) is 4.79 Å². The fourth-order valence-electron chi connectivity index (χ4n) is 3.63. The second-order valence-electron chi connectivity index (χ2n) is 6.84. The monoisotopic (exact) mass is 417 g/mol. The van der Waals surface area contributed by atoms with Crippen LogP contribution in [0, 0.1) is 5.41 Å². The van der Waals surface area contributed by atoms with Gasteiger partial charge >= 0.3 is 0 Å². The van der Waals surface area contributed by atoms with Gasteiger partial charge in [0, 0.05) is 21.4 Å². The third kappa shape index (κ3) is 3.12. The van der Waals surface area contributed by atoms with Gasteiger partial charge in [-0.1, -0.05) is 71.9 Å². The maximum Gasteiger partial charge on any atom is 0.237 e. The third-order valence-electron chi connectivity index (χ3n) is 5.07. The number of amides is 1. The fraction of sp³-hybridized carbons (Fsp3) is 0.0435. The molecule has 2 N–H and O–H groups in total. The van der Waals surface area contributed by atoms with E-state index in [1.54, 1.807) is 0 Å². The average Bonchev–Trinajstić information content (AvgIpc) is 3.33. The van der Waals surface area contributed by atoms with Gasteiger partial charge in [-0.15, -0.1) is 0 Å². The summed E-state index contributed by atoms with van der Waals surface area (Å²) in [5.41, 5.74) is 3.42. The zero-order valence-corrected chi connectivity index (χ0v) is 16.8. The molecule has 1 saturated heterocycles. The number of carbonyl (C=O) groups is 1. The van der Waals surface area contributed by atoms with Crippen LogP contribution < -0.4 is 10.2 Å². The van der Waals surface area contributed by atoms with E-state index in [0.717, 1.165) is 32.7 Å². The predicted molar refractivity (Wildman–Crippen MR) is 121 cm³/mol. The standard InChI is InChI=1S/C23H16ClN3OS/c24-16-10-8-15(9-11-16)19-13-29-23(26-19)18-12-21(28)27(22(18)25)20-7-3-5-14-4-1-2-6-17(14)20/h1-11,13,25-26H,12H2/b23-18+,25-22?. The lowest BCUT2D eigenvalue weighted by atomic mass is 10.1. The summed E-state index contributed by atoms with van der Waals surface area (Å²) in [6.07, 6.45) is 0.207. The second-order valence-corrected chi connectivity index (χ2v) is 8.16. The Morgan fingerprint density at radius 1 is 1.00 bits per heavy atom. The molecule has 2 aliphatic rings. The lowest BCUT2D eigenvalue weighted by molar-refractivity contribution is -0.116. The van der Waals surface area contributed by atoms with E-state index in [1.807, 2.05) is 72.1 Å². The molecule has 0 aromatic heterocycles. The van der Waals surface area contributed by atoms with Crippen molar-refractivity contribution in [2.45, 2.75) is 6.42 Å². The number of fused-ring (bicyclic) bond motifs is 1. The van der Waals surface area contributed by atoms with Crippen molar-refractivity contribution in [1.29, 1.82) is 5.41 Å². The molecule has 0 saturated carbocycles. The first-order valence-electron chi connectivity index (χ1n) is 9.14. The molecule has 2 heterocycles. The van der Waals surface area contributed by atoms with Gasteiger partial charge in [0.05, 0.1) is 22.8 Å². The number of hydrogen-bond donors (Lipinski definition) is 2. The van der Waals surface area contributed by atoms with Gasteiger partial charge in [-0.3, -0.25) is 15.1 Å². The number of nitrogens with zero attached hydrogens (tertiary/aromatic N) is 1. The molecule has 4 nitrogen and oxygen atoms in total. The summed E-state index contributed by atoms with van der Waals surface area (Å²) in [5, 5.41) is 17.6. The summed E-state index contributed by atoms with van der Waals surface area (Å²) in [7, 11) is 0. The van der Waals surface area contributed by atoms with E-state index in [4.69, 9.17) is 17.0 Å². The number of anilines is 1. The second kappa shape index (κ2) is 7.10. The van der Waals surface area contributed by atoms with Crippen molar-refractivity contribution >= 4 is 57.3 Å². The third-order valence-corrected chi connectivity index (χ3v) is 6.26. The van der Waals surface area contributed by atoms with E-state index < -0.39 is 0 Å². The highest BCUT2D eigenvalue weighted by Crippen LogP contribution is 2.38. The first-order valence-corrected chi connectivity index (χ1v) is 10.4. The summed E-state index contributed by atoms with van der Waals surface area (Å²) in [5.74, 6) is 0.142. The lowest BCUT2D eigenvalue weighted by Gasteiger charge is -2.18. The van der Waals surface area contributed by atoms with Gasteiger partial charge in [-0.2, -0.15) is 0 Å². The molecule has 5 rings (SSSR count). The van der Waals surface area contributed by atoms with Gasteiger partial charge in [0.15, 0.2) is 0 Å². The lowest BCUT2D eigenvalue weighted by Crippen LogP contribution is -2.29. The first-order chi connectivity index (χ1) is 14.1. The van der Waals surface area contributed by atoms with Crippen LogP contribution in [0.2, 0.25) is 5.02 Å². The largest absolute Gasteiger partial charge is 0.349 e. The first kappa shape index (κ1) is 18.0. The minimum absolute atomic E-state index is 0.0869. The topological polar surface area (TPSA) is 56.2 Å². The smallest absolute Gasteiger partial charge is 0.237 e. The molecule has 0 unspecified atom stereocenters. The quantitative estimate of drug-likeness (QED) is 0.557. The summed E-state index contributed by atoms with van der Waals surface area (Å²) in [4.78, 5) is 14.4. The SMILES string of the molecule is N=C1/C(=C2\NC(c3ccc(Cl)cc3)=CS2)CC(=O)N1c1cccc2ccccc12. The van der Waals surface area contributed by atoms with Crippen molar-refractivity contribution in [2.24, 2.45) is 0 Å². The van der Waals surface area contributed by atoms with Gasteiger partial charge in [0.25, 0.3) is 0 Å². The summed E-state index contributed by atoms with van der Waals surface area (Å²) in [6, 6.07) is 21.3. The van der Waals surface area contributed by atoms with Crippen LogP contribution in [0.15, 0.2) is 82.7 Å². The number of hydrogen-bond acceptors (Lipinski definition) is 4. The Labute approximate surface area is 177 Å². The molecule has 6 heteroatoms. The molecule has 2 aliphatic heterocycles. The Hall–Kier alpha value is -3.02. The van der Waals surface area contributed by atoms with Crippen LogP contribution in [0.25, 0.3) is 16.5 Å². The van der Waals surface area contributed by atoms with Crippen LogP contribution in [0.5, 0.6) is 0 Å². The highest BCUT2D eigenvalue weighted by atomic mass is 35.5. The molecule has 3 aromatic carbocycles. The molecule has 0 radical (unpaired) electrons. The van der Waals surface area contributed by atoms with Crippen LogP contribution in [0.3, 0.4) is 0 Å². The highest BCUT2D eigenvalue weighted by Gasteiger charge is 2.36. The average molecular weight is 418 g/mol. The van der Waals surface area contributed by atoms with Crippen molar-refractivity contribution in [3.63, 3.8) is 0 Å². The Morgan fingerprint density at radius 3 is 2.59 bits per heavy atom. The zero-order chi connectivity index (χ0) is 20.0. The summed E-state index contributed by atoms with van der Waals surface area (Å²) in [6.45, 7) is 0. The number of halogens is 1. The molecule has 0 spiro atoms. The number of benzene rings is 3. The van der Waals surface area contributed by atoms with E-state index in [2.05, 4.69) is 5.32 Å². The molecule has 1 fully saturated rings. The molecular formula is C23H16ClN3OS. The number of nitrogens with one attached hydrogen (secondary N) is 2. The highest BCUT2D eigenvalue weighted by molar-refractivity contribution is 8.06. The van der Waals surface area contributed by atoms with Crippen molar-refractivity contribution in [2.75, 3.05) is 4.90 Å². The normalized spacial score (nSPS) is 19.1. The van der Waals surface area contributed by atoms with Crippen LogP contribution in [-0.2, 0) is 4.79 Å². The summed E-state index contributed by atoms with van der Waals surface area (Å²) >= 11 is 7.48. The molecule has 0 aliphatic carbocycles. The maximum absolute atomic E-state index is 12.9. The van der Waals surface area contributed by atoms with E-state index >= 15 is 0 Å². The number of rotatable bonds is 2. The molecule has 142 valence electrons. The summed E-state index contributed by atoms with van der Waals surface area (Å²) < 4.78 is 0. The van der Waals surface area contributed by atoms with Crippen molar-refractivity contribution in [1.82, 2.24) is 5.32 Å². The van der Waals surface area contributed by atoms with Crippen molar-refractivity contribution in [3.8, 4) is 0 Å². The van der Waals surface area contributed by atoms with Crippen LogP contribution in [-0.4, -0.2) is 11.7 Å². The molecule has 29 heavy (non-hydrogen) atoms. The van der Waals surface area contributed by atoms with Gasteiger partial charge in [0.2, 0.25) is 5.91 Å². The van der Waals surface area contributed by atoms with Crippen LogP contribution in [0.4, 0.5) is 5.69 Å². The molecular weight excluding hydrogens is 402 g/mol. The van der Waals surface area contributed by atoms with E-state index in [0.29, 0.717) is 10.6 Å². The Balaban J connectivity index is 1.48. The Bertz CT molecular complexity index is 1230. The molecule has 3 aromatic rings. The number of carbonyl (C=O) groups excluding carboxylic acids is 1. The van der Waals surface area contributed by atoms with Crippen LogP contribution >= 0.6 is 23.4 Å². The molecule has 0 bridgehead atoms. The number of amidine groups is 1. The van der Waals surface area contributed by atoms with E-state index in [1.165, 1.54) is 16.7 Å².